The molecule has 1 aromatic carbocycles. The number of amides is 2. The summed E-state index contributed by atoms with van der Waals surface area (Å²) in [7, 11) is 1.65. The topological polar surface area (TPSA) is 62.2 Å². The van der Waals surface area contributed by atoms with Gasteiger partial charge in [-0.2, -0.15) is 0 Å². The number of benzene rings is 1. The first-order chi connectivity index (χ1) is 15.2. The minimum Gasteiger partial charge on any atom is -0.497 e. The van der Waals surface area contributed by atoms with E-state index in [0.717, 1.165) is 72.8 Å². The van der Waals surface area contributed by atoms with Gasteiger partial charge in [-0.25, -0.2) is 0 Å². The van der Waals surface area contributed by atoms with Crippen molar-refractivity contribution in [2.24, 2.45) is 4.99 Å². The van der Waals surface area contributed by atoms with Crippen molar-refractivity contribution in [1.29, 1.82) is 0 Å². The fourth-order valence-electron chi connectivity index (χ4n) is 4.77. The van der Waals surface area contributed by atoms with E-state index in [1.165, 1.54) is 16.9 Å². The van der Waals surface area contributed by atoms with E-state index in [1.807, 2.05) is 29.2 Å². The molecule has 5 rings (SSSR count). The van der Waals surface area contributed by atoms with E-state index in [2.05, 4.69) is 0 Å². The molecule has 7 heteroatoms. The number of thiophene rings is 1. The molecule has 162 valence electrons. The van der Waals surface area contributed by atoms with Gasteiger partial charge in [-0.3, -0.25) is 19.5 Å². The lowest BCUT2D eigenvalue weighted by molar-refractivity contribution is -0.132. The number of fused-ring (bicyclic) bond motifs is 3. The van der Waals surface area contributed by atoms with Crippen molar-refractivity contribution < 1.29 is 14.3 Å². The fraction of sp³-hybridized carbons (Fsp3) is 0.458. The number of piperidine rings is 1. The third-order valence-electron chi connectivity index (χ3n) is 6.42. The van der Waals surface area contributed by atoms with Gasteiger partial charge in [0.25, 0.3) is 0 Å². The van der Waals surface area contributed by atoms with E-state index in [9.17, 15) is 9.59 Å². The maximum Gasteiger partial charge on any atom is 0.249 e. The highest BCUT2D eigenvalue weighted by Crippen LogP contribution is 2.43. The van der Waals surface area contributed by atoms with Crippen molar-refractivity contribution in [3.63, 3.8) is 0 Å². The van der Waals surface area contributed by atoms with E-state index < -0.39 is 0 Å². The Morgan fingerprint density at radius 1 is 1.10 bits per heavy atom. The molecule has 0 spiro atoms. The summed E-state index contributed by atoms with van der Waals surface area (Å²) in [5.74, 6) is 0.731. The van der Waals surface area contributed by atoms with Gasteiger partial charge in [-0.15, -0.1) is 11.3 Å². The Morgan fingerprint density at radius 2 is 1.87 bits per heavy atom. The molecule has 3 heterocycles. The van der Waals surface area contributed by atoms with Crippen LogP contribution in [0.5, 0.6) is 5.75 Å². The molecular weight excluding hydrogens is 410 g/mol. The maximum atomic E-state index is 13.1. The summed E-state index contributed by atoms with van der Waals surface area (Å²) in [6.07, 6.45) is 6.42. The van der Waals surface area contributed by atoms with Crippen LogP contribution in [0.1, 0.15) is 47.3 Å². The summed E-state index contributed by atoms with van der Waals surface area (Å²) >= 11 is 1.67. The van der Waals surface area contributed by atoms with E-state index in [4.69, 9.17) is 9.73 Å². The van der Waals surface area contributed by atoms with Crippen molar-refractivity contribution in [3.8, 4) is 5.75 Å². The quantitative estimate of drug-likeness (QED) is 0.736. The number of aryl methyl sites for hydroxylation is 1. The first-order valence-electron chi connectivity index (χ1n) is 11.1. The Labute approximate surface area is 186 Å². The third-order valence-corrected chi connectivity index (χ3v) is 7.74. The van der Waals surface area contributed by atoms with Gasteiger partial charge in [-0.1, -0.05) is 0 Å². The van der Waals surface area contributed by atoms with Gasteiger partial charge < -0.3 is 9.64 Å². The third kappa shape index (κ3) is 3.76. The van der Waals surface area contributed by atoms with Crippen LogP contribution in [-0.2, 0) is 22.4 Å². The number of hydrogen-bond donors (Lipinski definition) is 0. The Kier molecular flexibility index (Phi) is 5.52. The van der Waals surface area contributed by atoms with E-state index in [-0.39, 0.29) is 24.9 Å². The average molecular weight is 438 g/mol. The van der Waals surface area contributed by atoms with Crippen molar-refractivity contribution in [2.75, 3.05) is 38.2 Å². The molecule has 1 aliphatic carbocycles. The first kappa shape index (κ1) is 20.2. The second-order valence-electron chi connectivity index (χ2n) is 8.35. The summed E-state index contributed by atoms with van der Waals surface area (Å²) in [5, 5.41) is 0.895. The largest absolute Gasteiger partial charge is 0.497 e. The van der Waals surface area contributed by atoms with Crippen LogP contribution in [-0.4, -0.2) is 55.7 Å². The molecule has 1 aromatic heterocycles. The van der Waals surface area contributed by atoms with Gasteiger partial charge in [0.1, 0.15) is 23.8 Å². The molecule has 0 N–H and O–H groups in total. The molecule has 0 bridgehead atoms. The Balaban J connectivity index is 1.53. The Bertz CT molecular complexity index is 1040. The van der Waals surface area contributed by atoms with Crippen LogP contribution in [0.3, 0.4) is 0 Å². The molecule has 0 unspecified atom stereocenters. The van der Waals surface area contributed by atoms with E-state index in [1.54, 1.807) is 23.3 Å². The molecule has 2 amide bonds. The van der Waals surface area contributed by atoms with Gasteiger partial charge >= 0.3 is 0 Å². The zero-order chi connectivity index (χ0) is 21.4. The first-order valence-corrected chi connectivity index (χ1v) is 11.9. The molecule has 0 atom stereocenters. The number of nitrogens with zero attached hydrogens (tertiary/aromatic N) is 3. The standard InChI is InChI=1S/C24H27N3O3S/c1-30-17-10-8-16(9-11-17)23-22-18-6-5-7-19(18)31-24(22)27(20(28)14-25-23)15-21(29)26-12-3-2-4-13-26/h8-11H,2-7,12-15H2,1H3. The number of likely N-dealkylation sites (tertiary alicyclic amines) is 1. The van der Waals surface area contributed by atoms with Crippen molar-refractivity contribution in [3.05, 3.63) is 45.8 Å². The number of anilines is 1. The molecule has 31 heavy (non-hydrogen) atoms. The second kappa shape index (κ2) is 8.46. The van der Waals surface area contributed by atoms with Gasteiger partial charge in [0.05, 0.1) is 12.8 Å². The Morgan fingerprint density at radius 3 is 2.61 bits per heavy atom. The summed E-state index contributed by atoms with van der Waals surface area (Å²) in [5.41, 5.74) is 4.20. The second-order valence-corrected chi connectivity index (χ2v) is 9.44. The number of aliphatic imine (C=N–C) groups is 1. The van der Waals surface area contributed by atoms with Gasteiger partial charge in [0, 0.05) is 29.1 Å². The highest BCUT2D eigenvalue weighted by Gasteiger charge is 2.34. The number of carbonyl (C=O) groups is 2. The van der Waals surface area contributed by atoms with Gasteiger partial charge in [0.2, 0.25) is 11.8 Å². The van der Waals surface area contributed by atoms with Crippen LogP contribution < -0.4 is 9.64 Å². The number of carbonyl (C=O) groups excluding carboxylic acids is 2. The van der Waals surface area contributed by atoms with Crippen molar-refractivity contribution >= 4 is 33.9 Å². The molecule has 0 radical (unpaired) electrons. The highest BCUT2D eigenvalue weighted by atomic mass is 32.1. The maximum absolute atomic E-state index is 13.1. The summed E-state index contributed by atoms with van der Waals surface area (Å²) in [4.78, 5) is 35.9. The number of hydrogen-bond acceptors (Lipinski definition) is 5. The zero-order valence-electron chi connectivity index (χ0n) is 17.9. The molecule has 3 aliphatic rings. The SMILES string of the molecule is COc1ccc(C2=NCC(=O)N(CC(=O)N3CCCCC3)c3sc4c(c32)CCC4)cc1. The fourth-order valence-corrected chi connectivity index (χ4v) is 6.18. The molecular formula is C24H27N3O3S. The van der Waals surface area contributed by atoms with Crippen LogP contribution in [0.15, 0.2) is 29.3 Å². The lowest BCUT2D eigenvalue weighted by Gasteiger charge is -2.29. The monoisotopic (exact) mass is 437 g/mol. The smallest absolute Gasteiger partial charge is 0.249 e. The van der Waals surface area contributed by atoms with Crippen molar-refractivity contribution in [1.82, 2.24) is 4.90 Å². The average Bonchev–Trinajstić information content (AvgIpc) is 3.37. The van der Waals surface area contributed by atoms with Crippen molar-refractivity contribution in [2.45, 2.75) is 38.5 Å². The zero-order valence-corrected chi connectivity index (χ0v) is 18.7. The van der Waals surface area contributed by atoms with Crippen LogP contribution in [0.25, 0.3) is 0 Å². The lowest BCUT2D eigenvalue weighted by atomic mass is 9.99. The van der Waals surface area contributed by atoms with E-state index >= 15 is 0 Å². The normalized spacial score (nSPS) is 18.4. The minimum absolute atomic E-state index is 0.0421. The van der Waals surface area contributed by atoms with Crippen LogP contribution >= 0.6 is 11.3 Å². The van der Waals surface area contributed by atoms with Gasteiger partial charge in [0.15, 0.2) is 0 Å². The van der Waals surface area contributed by atoms with Crippen LogP contribution in [0.2, 0.25) is 0 Å². The number of ether oxygens (including phenoxy) is 1. The molecule has 0 saturated carbocycles. The predicted octanol–water partition coefficient (Wildman–Crippen LogP) is 3.44. The number of rotatable bonds is 4. The molecule has 6 nitrogen and oxygen atoms in total. The Hall–Kier alpha value is -2.67. The predicted molar refractivity (Wildman–Crippen MR) is 123 cm³/mol. The molecule has 2 aromatic rings. The summed E-state index contributed by atoms with van der Waals surface area (Å²) in [6, 6.07) is 7.85. The van der Waals surface area contributed by atoms with Crippen LogP contribution in [0, 0.1) is 0 Å². The molecule has 2 aliphatic heterocycles. The van der Waals surface area contributed by atoms with E-state index in [0.29, 0.717) is 0 Å². The minimum atomic E-state index is -0.102. The molecule has 1 fully saturated rings. The highest BCUT2D eigenvalue weighted by molar-refractivity contribution is 7.17. The summed E-state index contributed by atoms with van der Waals surface area (Å²) in [6.45, 7) is 1.76. The van der Waals surface area contributed by atoms with Crippen LogP contribution in [0.4, 0.5) is 5.00 Å². The number of methoxy groups -OCH3 is 1. The molecule has 1 saturated heterocycles. The summed E-state index contributed by atoms with van der Waals surface area (Å²) < 4.78 is 5.30. The lowest BCUT2D eigenvalue weighted by Crippen LogP contribution is -2.45. The van der Waals surface area contributed by atoms with Gasteiger partial charge in [-0.05, 0) is 68.4 Å².